The van der Waals surface area contributed by atoms with E-state index in [2.05, 4.69) is 27.3 Å². The lowest BCUT2D eigenvalue weighted by atomic mass is 9.95. The molecule has 0 radical (unpaired) electrons. The van der Waals surface area contributed by atoms with Gasteiger partial charge in [0.05, 0.1) is 21.7 Å². The standard InChI is InChI=1S/C30H24BrN3O2S/c31-25-16-22(14-15-26(25)36-19-21-12-10-20(17-32)11-13-21)18-33-30-28(24-8-4-5-9-27(24)37-30)29(35)34-23-6-2-1-3-7-23/h1-3,6-7,10-16,18H,4-5,8-9,19H2,(H,34,35). The summed E-state index contributed by atoms with van der Waals surface area (Å²) in [4.78, 5) is 19.3. The van der Waals surface area contributed by atoms with Crippen molar-refractivity contribution in [2.75, 3.05) is 5.32 Å². The molecule has 0 saturated heterocycles. The number of hydrogen-bond donors (Lipinski definition) is 1. The molecule has 5 nitrogen and oxygen atoms in total. The molecule has 1 N–H and O–H groups in total. The Balaban J connectivity index is 1.33. The molecule has 3 aromatic carbocycles. The van der Waals surface area contributed by atoms with Crippen LogP contribution in [0.4, 0.5) is 10.7 Å². The zero-order chi connectivity index (χ0) is 25.6. The van der Waals surface area contributed by atoms with Crippen LogP contribution in [0.3, 0.4) is 0 Å². The average Bonchev–Trinajstić information content (AvgIpc) is 3.31. The Morgan fingerprint density at radius 3 is 2.62 bits per heavy atom. The summed E-state index contributed by atoms with van der Waals surface area (Å²) in [5.74, 6) is 0.613. The van der Waals surface area contributed by atoms with Crippen LogP contribution in [0.15, 0.2) is 82.3 Å². The molecule has 1 aliphatic rings. The lowest BCUT2D eigenvalue weighted by molar-refractivity contribution is 0.102. The number of halogens is 1. The van der Waals surface area contributed by atoms with Crippen LogP contribution < -0.4 is 10.1 Å². The van der Waals surface area contributed by atoms with Crippen molar-refractivity contribution in [3.8, 4) is 11.8 Å². The summed E-state index contributed by atoms with van der Waals surface area (Å²) in [7, 11) is 0. The molecule has 0 atom stereocenters. The first-order valence-electron chi connectivity index (χ1n) is 12.1. The molecule has 5 rings (SSSR count). The maximum atomic E-state index is 13.3. The fourth-order valence-electron chi connectivity index (χ4n) is 4.28. The zero-order valence-electron chi connectivity index (χ0n) is 20.0. The van der Waals surface area contributed by atoms with Gasteiger partial charge in [0.15, 0.2) is 0 Å². The summed E-state index contributed by atoms with van der Waals surface area (Å²) in [5.41, 5.74) is 5.13. The smallest absolute Gasteiger partial charge is 0.259 e. The van der Waals surface area contributed by atoms with Gasteiger partial charge in [0.2, 0.25) is 0 Å². The van der Waals surface area contributed by atoms with Gasteiger partial charge >= 0.3 is 0 Å². The highest BCUT2D eigenvalue weighted by Crippen LogP contribution is 2.40. The molecule has 37 heavy (non-hydrogen) atoms. The molecule has 1 amide bonds. The summed E-state index contributed by atoms with van der Waals surface area (Å²) >= 11 is 5.22. The summed E-state index contributed by atoms with van der Waals surface area (Å²) in [6.07, 6.45) is 5.95. The van der Waals surface area contributed by atoms with Crippen molar-refractivity contribution in [2.45, 2.75) is 32.3 Å². The van der Waals surface area contributed by atoms with E-state index in [0.29, 0.717) is 17.7 Å². The number of nitriles is 1. The van der Waals surface area contributed by atoms with Gasteiger partial charge < -0.3 is 10.1 Å². The maximum absolute atomic E-state index is 13.3. The van der Waals surface area contributed by atoms with Crippen molar-refractivity contribution < 1.29 is 9.53 Å². The minimum atomic E-state index is -0.106. The number of aryl methyl sites for hydroxylation is 1. The summed E-state index contributed by atoms with van der Waals surface area (Å²) in [6, 6.07) is 24.8. The van der Waals surface area contributed by atoms with E-state index in [9.17, 15) is 4.79 Å². The number of aliphatic imine (C=N–C) groups is 1. The van der Waals surface area contributed by atoms with Crippen LogP contribution in [0, 0.1) is 11.3 Å². The number of ether oxygens (including phenoxy) is 1. The molecule has 7 heteroatoms. The molecule has 4 aromatic rings. The van der Waals surface area contributed by atoms with E-state index in [1.165, 1.54) is 4.88 Å². The van der Waals surface area contributed by atoms with Gasteiger partial charge in [-0.05, 0) is 101 Å². The second kappa shape index (κ2) is 11.5. The summed E-state index contributed by atoms with van der Waals surface area (Å²) in [5, 5.41) is 12.7. The Morgan fingerprint density at radius 1 is 1.08 bits per heavy atom. The third kappa shape index (κ3) is 5.99. The first-order chi connectivity index (χ1) is 18.1. The normalized spacial score (nSPS) is 12.6. The van der Waals surface area contributed by atoms with Crippen LogP contribution in [0.2, 0.25) is 0 Å². The number of carbonyl (C=O) groups is 1. The van der Waals surface area contributed by atoms with Crippen molar-refractivity contribution in [3.05, 3.63) is 110 Å². The number of anilines is 1. The molecule has 0 aliphatic heterocycles. The molecular weight excluding hydrogens is 546 g/mol. The Hall–Kier alpha value is -3.73. The lowest BCUT2D eigenvalue weighted by Crippen LogP contribution is -2.14. The number of para-hydroxylation sites is 1. The van der Waals surface area contributed by atoms with E-state index >= 15 is 0 Å². The second-order valence-corrected chi connectivity index (χ2v) is 10.7. The molecule has 184 valence electrons. The fraction of sp³-hybridized carbons (Fsp3) is 0.167. The van der Waals surface area contributed by atoms with Gasteiger partial charge in [0.25, 0.3) is 5.91 Å². The average molecular weight is 571 g/mol. The van der Waals surface area contributed by atoms with E-state index in [0.717, 1.165) is 63.3 Å². The molecular formula is C30H24BrN3O2S. The van der Waals surface area contributed by atoms with Crippen LogP contribution in [0.1, 0.15) is 50.3 Å². The van der Waals surface area contributed by atoms with Gasteiger partial charge in [-0.3, -0.25) is 4.79 Å². The van der Waals surface area contributed by atoms with Crippen LogP contribution >= 0.6 is 27.3 Å². The van der Waals surface area contributed by atoms with E-state index in [-0.39, 0.29) is 5.91 Å². The maximum Gasteiger partial charge on any atom is 0.259 e. The Labute approximate surface area is 228 Å². The zero-order valence-corrected chi connectivity index (χ0v) is 22.4. The molecule has 0 saturated carbocycles. The van der Waals surface area contributed by atoms with E-state index in [4.69, 9.17) is 15.0 Å². The predicted molar refractivity (Wildman–Crippen MR) is 152 cm³/mol. The third-order valence-corrected chi connectivity index (χ3v) is 8.00. The van der Waals surface area contributed by atoms with Crippen LogP contribution in [0.5, 0.6) is 5.75 Å². The Kier molecular flexibility index (Phi) is 7.79. The second-order valence-electron chi connectivity index (χ2n) is 8.76. The van der Waals surface area contributed by atoms with E-state index < -0.39 is 0 Å². The first kappa shape index (κ1) is 24.9. The number of carbonyl (C=O) groups excluding carboxylic acids is 1. The summed E-state index contributed by atoms with van der Waals surface area (Å²) in [6.45, 7) is 0.401. The highest BCUT2D eigenvalue weighted by molar-refractivity contribution is 9.10. The number of nitrogens with zero attached hydrogens (tertiary/aromatic N) is 2. The van der Waals surface area contributed by atoms with E-state index in [1.807, 2.05) is 60.7 Å². The van der Waals surface area contributed by atoms with Gasteiger partial charge in [-0.2, -0.15) is 5.26 Å². The fourth-order valence-corrected chi connectivity index (χ4v) is 6.02. The molecule has 1 aliphatic carbocycles. The Morgan fingerprint density at radius 2 is 1.86 bits per heavy atom. The number of hydrogen-bond acceptors (Lipinski definition) is 5. The SMILES string of the molecule is N#Cc1ccc(COc2ccc(C=Nc3sc4c(c3C(=O)Nc3ccccc3)CCCC4)cc2Br)cc1. The quantitative estimate of drug-likeness (QED) is 0.230. The minimum absolute atomic E-state index is 0.106. The minimum Gasteiger partial charge on any atom is -0.488 e. The van der Waals surface area contributed by atoms with Crippen molar-refractivity contribution in [2.24, 2.45) is 4.99 Å². The Bertz CT molecular complexity index is 1490. The van der Waals surface area contributed by atoms with Crippen molar-refractivity contribution in [1.29, 1.82) is 5.26 Å². The van der Waals surface area contributed by atoms with Crippen LogP contribution in [0.25, 0.3) is 0 Å². The third-order valence-electron chi connectivity index (χ3n) is 6.18. The highest BCUT2D eigenvalue weighted by atomic mass is 79.9. The van der Waals surface area contributed by atoms with Crippen molar-refractivity contribution in [3.63, 3.8) is 0 Å². The topological polar surface area (TPSA) is 74.5 Å². The van der Waals surface area contributed by atoms with Gasteiger partial charge in [-0.15, -0.1) is 11.3 Å². The molecule has 0 spiro atoms. The number of rotatable bonds is 7. The van der Waals surface area contributed by atoms with E-state index in [1.54, 1.807) is 29.7 Å². The predicted octanol–water partition coefficient (Wildman–Crippen LogP) is 7.84. The molecule has 0 fully saturated rings. The largest absolute Gasteiger partial charge is 0.488 e. The number of thiophene rings is 1. The van der Waals surface area contributed by atoms with Crippen molar-refractivity contribution in [1.82, 2.24) is 0 Å². The van der Waals surface area contributed by atoms with Gasteiger partial charge in [0.1, 0.15) is 17.4 Å². The highest BCUT2D eigenvalue weighted by Gasteiger charge is 2.25. The number of amides is 1. The molecule has 0 bridgehead atoms. The van der Waals surface area contributed by atoms with Crippen LogP contribution in [-0.2, 0) is 19.4 Å². The summed E-state index contributed by atoms with van der Waals surface area (Å²) < 4.78 is 6.77. The van der Waals surface area contributed by atoms with Gasteiger partial charge in [0, 0.05) is 16.8 Å². The van der Waals surface area contributed by atoms with Gasteiger partial charge in [-0.1, -0.05) is 30.3 Å². The molecule has 1 heterocycles. The number of nitrogens with one attached hydrogen (secondary N) is 1. The first-order valence-corrected chi connectivity index (χ1v) is 13.7. The molecule has 0 unspecified atom stereocenters. The molecule has 1 aromatic heterocycles. The number of benzene rings is 3. The van der Waals surface area contributed by atoms with Crippen molar-refractivity contribution >= 4 is 50.1 Å². The lowest BCUT2D eigenvalue weighted by Gasteiger charge is -2.12. The number of fused-ring (bicyclic) bond motifs is 1. The van der Waals surface area contributed by atoms with Crippen LogP contribution in [-0.4, -0.2) is 12.1 Å². The monoisotopic (exact) mass is 569 g/mol. The van der Waals surface area contributed by atoms with Gasteiger partial charge in [-0.25, -0.2) is 4.99 Å².